The van der Waals surface area contributed by atoms with E-state index in [9.17, 15) is 0 Å². The molecule has 0 aliphatic heterocycles. The van der Waals surface area contributed by atoms with E-state index in [4.69, 9.17) is 16.2 Å². The molecule has 0 bridgehead atoms. The van der Waals surface area contributed by atoms with Gasteiger partial charge in [0.1, 0.15) is 5.75 Å². The number of hydrogen-bond donors (Lipinski definition) is 2. The molecule has 16 heavy (non-hydrogen) atoms. The molecule has 1 aromatic rings. The van der Waals surface area contributed by atoms with Crippen molar-refractivity contribution in [3.05, 3.63) is 29.3 Å². The van der Waals surface area contributed by atoms with E-state index in [2.05, 4.69) is 11.0 Å². The molecule has 0 saturated carbocycles. The summed E-state index contributed by atoms with van der Waals surface area (Å²) < 4.78 is 5.28. The largest absolute Gasteiger partial charge is 0.496 e. The Balaban J connectivity index is 3.01. The Morgan fingerprint density at radius 2 is 2.06 bits per heavy atom. The third-order valence-corrected chi connectivity index (χ3v) is 2.45. The van der Waals surface area contributed by atoms with Crippen LogP contribution in [0.2, 0.25) is 0 Å². The average Bonchev–Trinajstić information content (AvgIpc) is 2.27. The summed E-state index contributed by atoms with van der Waals surface area (Å²) >= 11 is 0. The van der Waals surface area contributed by atoms with Crippen LogP contribution in [-0.2, 0) is 6.54 Å². The van der Waals surface area contributed by atoms with E-state index in [0.717, 1.165) is 17.9 Å². The van der Waals surface area contributed by atoms with Crippen LogP contribution in [0.15, 0.2) is 18.2 Å². The molecule has 1 atom stereocenters. The van der Waals surface area contributed by atoms with Gasteiger partial charge in [-0.1, -0.05) is 6.07 Å². The molecule has 0 heterocycles. The molecule has 1 aromatic carbocycles. The monoisotopic (exact) mass is 223 g/mol. The summed E-state index contributed by atoms with van der Waals surface area (Å²) in [6, 6.07) is 5.89. The Morgan fingerprint density at radius 1 is 1.38 bits per heavy atom. The zero-order valence-corrected chi connectivity index (χ0v) is 10.2. The maximum atomic E-state index is 5.95. The lowest BCUT2D eigenvalue weighted by Crippen LogP contribution is -2.22. The van der Waals surface area contributed by atoms with Gasteiger partial charge in [-0.15, -0.1) is 0 Å². The van der Waals surface area contributed by atoms with Gasteiger partial charge < -0.3 is 21.1 Å². The molecule has 1 rings (SSSR count). The minimum atomic E-state index is -0.169. The predicted octanol–water partition coefficient (Wildman–Crippen LogP) is 0.715. The van der Waals surface area contributed by atoms with Crippen LogP contribution >= 0.6 is 0 Å². The number of nitrogens with zero attached hydrogens (tertiary/aromatic N) is 1. The van der Waals surface area contributed by atoms with Crippen molar-refractivity contribution in [3.63, 3.8) is 0 Å². The Labute approximate surface area is 97.2 Å². The zero-order chi connectivity index (χ0) is 12.1. The van der Waals surface area contributed by atoms with Crippen molar-refractivity contribution >= 4 is 0 Å². The molecule has 0 fully saturated rings. The van der Waals surface area contributed by atoms with E-state index >= 15 is 0 Å². The fraction of sp³-hybridized carbons (Fsp3) is 0.500. The second-order valence-corrected chi connectivity index (χ2v) is 4.16. The smallest absolute Gasteiger partial charge is 0.123 e. The van der Waals surface area contributed by atoms with Gasteiger partial charge >= 0.3 is 0 Å². The number of hydrogen-bond acceptors (Lipinski definition) is 4. The Kier molecular flexibility index (Phi) is 4.73. The average molecular weight is 223 g/mol. The van der Waals surface area contributed by atoms with Gasteiger partial charge in [0.25, 0.3) is 0 Å². The standard InChI is InChI=1S/C12H21N3O/c1-15(2)8-9-4-5-12(16-3)10(6-9)11(14)7-13/h4-6,11H,7-8,13-14H2,1-3H3. The van der Waals surface area contributed by atoms with Gasteiger partial charge in [0.2, 0.25) is 0 Å². The molecule has 0 aliphatic carbocycles. The summed E-state index contributed by atoms with van der Waals surface area (Å²) in [4.78, 5) is 2.11. The fourth-order valence-corrected chi connectivity index (χ4v) is 1.66. The summed E-state index contributed by atoms with van der Waals surface area (Å²) in [7, 11) is 5.72. The first kappa shape index (κ1) is 13.0. The van der Waals surface area contributed by atoms with E-state index in [1.54, 1.807) is 7.11 Å². The summed E-state index contributed by atoms with van der Waals surface area (Å²) in [6.07, 6.45) is 0. The van der Waals surface area contributed by atoms with Crippen molar-refractivity contribution in [1.29, 1.82) is 0 Å². The van der Waals surface area contributed by atoms with E-state index in [0.29, 0.717) is 6.54 Å². The maximum Gasteiger partial charge on any atom is 0.123 e. The lowest BCUT2D eigenvalue weighted by molar-refractivity contribution is 0.396. The van der Waals surface area contributed by atoms with Gasteiger partial charge in [0, 0.05) is 24.7 Å². The quantitative estimate of drug-likeness (QED) is 0.772. The molecule has 4 N–H and O–H groups in total. The number of benzene rings is 1. The van der Waals surface area contributed by atoms with Gasteiger partial charge in [-0.05, 0) is 31.8 Å². The number of rotatable bonds is 5. The van der Waals surface area contributed by atoms with Crippen LogP contribution in [0, 0.1) is 0 Å². The molecule has 4 heteroatoms. The third kappa shape index (κ3) is 3.20. The second kappa shape index (κ2) is 5.84. The first-order chi connectivity index (χ1) is 7.58. The highest BCUT2D eigenvalue weighted by Crippen LogP contribution is 2.24. The first-order valence-corrected chi connectivity index (χ1v) is 5.35. The zero-order valence-electron chi connectivity index (χ0n) is 10.2. The van der Waals surface area contributed by atoms with E-state index in [1.807, 2.05) is 26.2 Å². The van der Waals surface area contributed by atoms with Gasteiger partial charge in [-0.2, -0.15) is 0 Å². The molecular weight excluding hydrogens is 202 g/mol. The Morgan fingerprint density at radius 3 is 2.56 bits per heavy atom. The van der Waals surface area contributed by atoms with Crippen LogP contribution < -0.4 is 16.2 Å². The molecule has 0 spiro atoms. The number of nitrogens with two attached hydrogens (primary N) is 2. The molecule has 0 aliphatic rings. The SMILES string of the molecule is COc1ccc(CN(C)C)cc1C(N)CN. The van der Waals surface area contributed by atoms with Gasteiger partial charge in [-0.3, -0.25) is 0 Å². The van der Waals surface area contributed by atoms with Crippen LogP contribution in [0.25, 0.3) is 0 Å². The minimum absolute atomic E-state index is 0.169. The van der Waals surface area contributed by atoms with Crippen LogP contribution in [-0.4, -0.2) is 32.6 Å². The summed E-state index contributed by atoms with van der Waals surface area (Å²) in [6.45, 7) is 1.30. The molecular formula is C12H21N3O. The molecule has 0 radical (unpaired) electrons. The van der Waals surface area contributed by atoms with E-state index < -0.39 is 0 Å². The number of ether oxygens (including phenoxy) is 1. The summed E-state index contributed by atoms with van der Waals surface area (Å²) in [5.41, 5.74) is 13.7. The molecule has 1 unspecified atom stereocenters. The van der Waals surface area contributed by atoms with E-state index in [-0.39, 0.29) is 6.04 Å². The van der Waals surface area contributed by atoms with Gasteiger partial charge in [0.15, 0.2) is 0 Å². The van der Waals surface area contributed by atoms with Crippen molar-refractivity contribution in [2.45, 2.75) is 12.6 Å². The summed E-state index contributed by atoms with van der Waals surface area (Å²) in [5, 5.41) is 0. The van der Waals surface area contributed by atoms with Crippen molar-refractivity contribution in [3.8, 4) is 5.75 Å². The highest BCUT2D eigenvalue weighted by Gasteiger charge is 2.11. The van der Waals surface area contributed by atoms with Crippen LogP contribution in [0.5, 0.6) is 5.75 Å². The number of methoxy groups -OCH3 is 1. The Bertz CT molecular complexity index is 339. The third-order valence-electron chi connectivity index (χ3n) is 2.45. The lowest BCUT2D eigenvalue weighted by atomic mass is 10.0. The fourth-order valence-electron chi connectivity index (χ4n) is 1.66. The van der Waals surface area contributed by atoms with Crippen LogP contribution in [0.1, 0.15) is 17.2 Å². The Hall–Kier alpha value is -1.10. The predicted molar refractivity (Wildman–Crippen MR) is 66.4 cm³/mol. The van der Waals surface area contributed by atoms with Gasteiger partial charge in [0.05, 0.1) is 7.11 Å². The van der Waals surface area contributed by atoms with Crippen molar-refractivity contribution in [2.24, 2.45) is 11.5 Å². The topological polar surface area (TPSA) is 64.5 Å². The minimum Gasteiger partial charge on any atom is -0.496 e. The highest BCUT2D eigenvalue weighted by atomic mass is 16.5. The molecule has 0 saturated heterocycles. The molecule has 0 amide bonds. The van der Waals surface area contributed by atoms with Crippen LogP contribution in [0.4, 0.5) is 0 Å². The summed E-state index contributed by atoms with van der Waals surface area (Å²) in [5.74, 6) is 0.806. The normalized spacial score (nSPS) is 12.9. The van der Waals surface area contributed by atoms with E-state index in [1.165, 1.54) is 5.56 Å². The second-order valence-electron chi connectivity index (χ2n) is 4.16. The molecule has 4 nitrogen and oxygen atoms in total. The lowest BCUT2D eigenvalue weighted by Gasteiger charge is -2.17. The highest BCUT2D eigenvalue weighted by molar-refractivity contribution is 5.39. The van der Waals surface area contributed by atoms with Crippen molar-refractivity contribution < 1.29 is 4.74 Å². The van der Waals surface area contributed by atoms with Gasteiger partial charge in [-0.25, -0.2) is 0 Å². The molecule has 90 valence electrons. The van der Waals surface area contributed by atoms with Crippen LogP contribution in [0.3, 0.4) is 0 Å². The first-order valence-electron chi connectivity index (χ1n) is 5.35. The maximum absolute atomic E-state index is 5.95. The molecule has 0 aromatic heterocycles. The van der Waals surface area contributed by atoms with Crippen molar-refractivity contribution in [1.82, 2.24) is 4.90 Å². The van der Waals surface area contributed by atoms with Crippen molar-refractivity contribution in [2.75, 3.05) is 27.7 Å².